The number of aliphatic hydroxyl groups excluding tert-OH is 2. The van der Waals surface area contributed by atoms with Gasteiger partial charge >= 0.3 is 0 Å². The lowest BCUT2D eigenvalue weighted by molar-refractivity contribution is -0.231. The molecule has 10 atom stereocenters. The second kappa shape index (κ2) is 6.65. The summed E-state index contributed by atoms with van der Waals surface area (Å²) in [7, 11) is 0. The molecular weight excluding hydrogens is 462 g/mol. The van der Waals surface area contributed by atoms with Crippen LogP contribution in [0.4, 0.5) is 8.78 Å². The van der Waals surface area contributed by atoms with Crippen molar-refractivity contribution in [2.45, 2.75) is 74.8 Å². The number of Topliss-reactive ketones (excluding diaryl/α,β-unsaturated/α-hetero) is 1. The number of alkyl halides is 3. The van der Waals surface area contributed by atoms with Crippen LogP contribution in [0.15, 0.2) is 11.6 Å². The van der Waals surface area contributed by atoms with Crippen LogP contribution < -0.4 is 0 Å². The molecule has 0 aromatic rings. The van der Waals surface area contributed by atoms with E-state index in [-0.39, 0.29) is 37.0 Å². The van der Waals surface area contributed by atoms with Crippen LogP contribution in [0.3, 0.4) is 0 Å². The summed E-state index contributed by atoms with van der Waals surface area (Å²) in [4.78, 5) is 23.6. The third kappa shape index (κ3) is 2.32. The molecule has 0 unspecified atom stereocenters. The minimum atomic E-state index is -2.23. The van der Waals surface area contributed by atoms with Crippen molar-refractivity contribution in [2.24, 2.45) is 28.6 Å². The van der Waals surface area contributed by atoms with E-state index in [1.54, 1.807) is 20.8 Å². The first kappa shape index (κ1) is 22.5. The lowest BCUT2D eigenvalue weighted by Crippen LogP contribution is -2.73. The molecule has 8 heteroatoms. The summed E-state index contributed by atoms with van der Waals surface area (Å²) < 4.78 is 32.7. The number of carbonyl (C=O) groups is 2. The van der Waals surface area contributed by atoms with Crippen LogP contribution >= 0.6 is 15.9 Å². The Morgan fingerprint density at radius 3 is 2.60 bits per heavy atom. The molecule has 0 aliphatic heterocycles. The van der Waals surface area contributed by atoms with E-state index in [9.17, 15) is 24.9 Å². The largest absolute Gasteiger partial charge is 0.390 e. The summed E-state index contributed by atoms with van der Waals surface area (Å²) in [5.74, 6) is -3.21. The zero-order valence-corrected chi connectivity index (χ0v) is 19.0. The Bertz CT molecular complexity index is 834. The van der Waals surface area contributed by atoms with Crippen molar-refractivity contribution in [1.29, 1.82) is 0 Å². The lowest BCUT2D eigenvalue weighted by Gasteiger charge is -2.65. The molecule has 0 bridgehead atoms. The van der Waals surface area contributed by atoms with Crippen LogP contribution in [0, 0.1) is 28.6 Å². The Morgan fingerprint density at radius 1 is 1.37 bits per heavy atom. The first-order valence-electron chi connectivity index (χ1n) is 10.6. The summed E-state index contributed by atoms with van der Waals surface area (Å²) in [5, 5.41) is 32.1. The van der Waals surface area contributed by atoms with Crippen molar-refractivity contribution in [1.82, 2.24) is 0 Å². The molecule has 3 saturated carbocycles. The molecule has 5 nitrogen and oxygen atoms in total. The number of carbonyl (C=O) groups excluding carboxylic acids is 2. The van der Waals surface area contributed by atoms with E-state index in [4.69, 9.17) is 0 Å². The van der Waals surface area contributed by atoms with Gasteiger partial charge in [0.2, 0.25) is 0 Å². The van der Waals surface area contributed by atoms with E-state index in [1.165, 1.54) is 6.08 Å². The fraction of sp³-hybridized carbons (Fsp3) is 0.818. The second-order valence-corrected chi connectivity index (χ2v) is 11.3. The van der Waals surface area contributed by atoms with Crippen molar-refractivity contribution in [2.75, 3.05) is 6.61 Å². The third-order valence-electron chi connectivity index (χ3n) is 9.19. The number of allylic oxidation sites excluding steroid dienone is 1. The van der Waals surface area contributed by atoms with E-state index in [1.807, 2.05) is 0 Å². The van der Waals surface area contributed by atoms with Gasteiger partial charge in [0.05, 0.1) is 10.9 Å². The van der Waals surface area contributed by atoms with E-state index in [0.29, 0.717) is 0 Å². The van der Waals surface area contributed by atoms with Crippen LogP contribution in [-0.4, -0.2) is 61.9 Å². The average Bonchev–Trinajstić information content (AvgIpc) is 2.89. The molecular formula is C22H29BrF2O5. The molecule has 0 saturated heterocycles. The number of aliphatic hydroxyl groups is 3. The normalized spacial score (nSPS) is 55.4. The number of hydrogen-bond donors (Lipinski definition) is 3. The Labute approximate surface area is 183 Å². The number of rotatable bonds is 2. The maximum absolute atomic E-state index is 17.1. The van der Waals surface area contributed by atoms with Crippen LogP contribution in [-0.2, 0) is 9.59 Å². The Balaban J connectivity index is 1.91. The Hall–Kier alpha value is -0.700. The van der Waals surface area contributed by atoms with E-state index in [2.05, 4.69) is 15.9 Å². The molecule has 4 rings (SSSR count). The van der Waals surface area contributed by atoms with Crippen molar-refractivity contribution in [3.05, 3.63) is 11.6 Å². The van der Waals surface area contributed by atoms with E-state index < -0.39 is 69.3 Å². The SMILES string of the molecule is C[C@@H]1C[C@H]2[C@@H]3[C@H](Br)[C@@H](F)C4=CC(=O)CC[C@]4(C)[C@@]3(F)[C@@H](O)C[C@]2(C)[C@@]1(O)C(=O)CO. The number of hydrogen-bond acceptors (Lipinski definition) is 5. The maximum atomic E-state index is 17.1. The molecule has 0 amide bonds. The Kier molecular flexibility index (Phi) is 4.99. The standard InChI is InChI=1S/C22H29BrF2O5/c1-10-6-12-16-17(23)18(24)13-7-11(27)4-5-19(13,2)21(16,25)14(28)8-20(12,3)22(10,30)15(29)9-26/h7,10,12,14,16-18,26,28,30H,4-6,8-9H2,1-3H3/t10-,12+,14+,16-,17+,18+,19+,20+,21-,22+/m1/s1. The fourth-order valence-corrected chi connectivity index (χ4v) is 8.59. The number of halogens is 3. The summed E-state index contributed by atoms with van der Waals surface area (Å²) in [6, 6.07) is 0. The molecule has 0 radical (unpaired) electrons. The molecule has 0 aromatic heterocycles. The summed E-state index contributed by atoms with van der Waals surface area (Å²) >= 11 is 3.34. The van der Waals surface area contributed by atoms with Gasteiger partial charge in [0, 0.05) is 23.2 Å². The van der Waals surface area contributed by atoms with Crippen LogP contribution in [0.5, 0.6) is 0 Å². The van der Waals surface area contributed by atoms with Gasteiger partial charge in [-0.15, -0.1) is 0 Å². The highest BCUT2D eigenvalue weighted by atomic mass is 79.9. The molecule has 4 aliphatic carbocycles. The van der Waals surface area contributed by atoms with Crippen molar-refractivity contribution in [3.8, 4) is 0 Å². The predicted molar refractivity (Wildman–Crippen MR) is 108 cm³/mol. The second-order valence-electron chi connectivity index (χ2n) is 10.3. The van der Waals surface area contributed by atoms with Gasteiger partial charge in [0.1, 0.15) is 24.0 Å². The first-order chi connectivity index (χ1) is 13.8. The summed E-state index contributed by atoms with van der Waals surface area (Å²) in [6.07, 6.45) is -1.74. The van der Waals surface area contributed by atoms with Crippen molar-refractivity contribution in [3.63, 3.8) is 0 Å². The molecule has 4 aliphatic rings. The van der Waals surface area contributed by atoms with Crippen LogP contribution in [0.25, 0.3) is 0 Å². The van der Waals surface area contributed by atoms with Gasteiger partial charge in [-0.25, -0.2) is 8.78 Å². The van der Waals surface area contributed by atoms with Gasteiger partial charge in [-0.05, 0) is 42.7 Å². The molecule has 0 aromatic carbocycles. The van der Waals surface area contributed by atoms with Gasteiger partial charge in [0.25, 0.3) is 0 Å². The average molecular weight is 491 g/mol. The third-order valence-corrected chi connectivity index (χ3v) is 10.2. The highest BCUT2D eigenvalue weighted by Crippen LogP contribution is 2.72. The maximum Gasteiger partial charge on any atom is 0.190 e. The molecule has 30 heavy (non-hydrogen) atoms. The van der Waals surface area contributed by atoms with Gasteiger partial charge in [-0.1, -0.05) is 36.7 Å². The molecule has 168 valence electrons. The zero-order chi connectivity index (χ0) is 22.4. The quantitative estimate of drug-likeness (QED) is 0.516. The summed E-state index contributed by atoms with van der Waals surface area (Å²) in [6.45, 7) is 4.04. The monoisotopic (exact) mass is 490 g/mol. The van der Waals surface area contributed by atoms with Crippen molar-refractivity contribution >= 4 is 27.5 Å². The van der Waals surface area contributed by atoms with Crippen LogP contribution in [0.1, 0.15) is 46.5 Å². The minimum absolute atomic E-state index is 0.0785. The van der Waals surface area contributed by atoms with E-state index >= 15 is 8.78 Å². The molecule has 0 spiro atoms. The number of fused-ring (bicyclic) bond motifs is 5. The topological polar surface area (TPSA) is 94.8 Å². The van der Waals surface area contributed by atoms with Gasteiger partial charge in [-0.2, -0.15) is 0 Å². The predicted octanol–water partition coefficient (Wildman–Crippen LogP) is 2.44. The zero-order valence-electron chi connectivity index (χ0n) is 17.4. The lowest BCUT2D eigenvalue weighted by atomic mass is 9.43. The minimum Gasteiger partial charge on any atom is -0.390 e. The van der Waals surface area contributed by atoms with Crippen molar-refractivity contribution < 1.29 is 33.7 Å². The molecule has 3 N–H and O–H groups in total. The van der Waals surface area contributed by atoms with Gasteiger partial charge < -0.3 is 15.3 Å². The fourth-order valence-electron chi connectivity index (χ4n) is 7.55. The smallest absolute Gasteiger partial charge is 0.190 e. The Morgan fingerprint density at radius 2 is 2.00 bits per heavy atom. The number of ketones is 2. The highest BCUT2D eigenvalue weighted by molar-refractivity contribution is 9.09. The van der Waals surface area contributed by atoms with Gasteiger partial charge in [-0.3, -0.25) is 9.59 Å². The van der Waals surface area contributed by atoms with Gasteiger partial charge in [0.15, 0.2) is 11.6 Å². The molecule has 0 heterocycles. The first-order valence-corrected chi connectivity index (χ1v) is 11.5. The van der Waals surface area contributed by atoms with Crippen LogP contribution in [0.2, 0.25) is 0 Å². The molecule has 3 fully saturated rings. The van der Waals surface area contributed by atoms with E-state index in [0.717, 1.165) is 0 Å². The highest BCUT2D eigenvalue weighted by Gasteiger charge is 2.78. The summed E-state index contributed by atoms with van der Waals surface area (Å²) in [5.41, 5.74) is -6.67.